The monoisotopic (exact) mass is 226 g/mol. The molecule has 0 unspecified atom stereocenters. The van der Waals surface area contributed by atoms with E-state index in [0.717, 1.165) is 5.56 Å². The van der Waals surface area contributed by atoms with Crippen LogP contribution in [0.5, 0.6) is 0 Å². The Morgan fingerprint density at radius 1 is 1.12 bits per heavy atom. The van der Waals surface area contributed by atoms with Gasteiger partial charge in [-0.15, -0.1) is 0 Å². The molecule has 0 saturated carbocycles. The number of fused-ring (bicyclic) bond motifs is 1. The Kier molecular flexibility index (Phi) is 2.46. The number of benzene rings is 2. The van der Waals surface area contributed by atoms with Crippen LogP contribution in [-0.2, 0) is 15.1 Å². The Labute approximate surface area is 100 Å². The molecule has 86 valence electrons. The fourth-order valence-electron chi connectivity index (χ4n) is 2.36. The summed E-state index contributed by atoms with van der Waals surface area (Å²) in [5.74, 6) is 0. The molecule has 2 aromatic carbocycles. The fourth-order valence-corrected chi connectivity index (χ4v) is 2.36. The van der Waals surface area contributed by atoms with Crippen LogP contribution in [0.2, 0.25) is 0 Å². The number of hydrogen-bond donors (Lipinski definition) is 0. The maximum absolute atomic E-state index is 5.74. The van der Waals surface area contributed by atoms with Crippen LogP contribution in [0.1, 0.15) is 5.56 Å². The first-order chi connectivity index (χ1) is 8.36. The molecule has 0 radical (unpaired) electrons. The summed E-state index contributed by atoms with van der Waals surface area (Å²) in [6.45, 7) is 4.75. The lowest BCUT2D eigenvalue weighted by Gasteiger charge is -2.24. The quantitative estimate of drug-likeness (QED) is 0.732. The van der Waals surface area contributed by atoms with Crippen molar-refractivity contribution in [3.8, 4) is 0 Å². The first-order valence-corrected chi connectivity index (χ1v) is 5.69. The number of rotatable bonds is 2. The topological polar surface area (TPSA) is 18.5 Å². The Morgan fingerprint density at radius 3 is 2.71 bits per heavy atom. The molecule has 0 amide bonds. The van der Waals surface area contributed by atoms with Crippen molar-refractivity contribution >= 4 is 10.8 Å². The summed E-state index contributed by atoms with van der Waals surface area (Å²) in [6, 6.07) is 14.5. The molecule has 1 atom stereocenters. The molecule has 1 aliphatic heterocycles. The van der Waals surface area contributed by atoms with Gasteiger partial charge in [-0.1, -0.05) is 55.1 Å². The maximum atomic E-state index is 5.74. The van der Waals surface area contributed by atoms with E-state index >= 15 is 0 Å². The minimum atomic E-state index is -0.499. The fraction of sp³-hybridized carbons (Fsp3) is 0.200. The van der Waals surface area contributed by atoms with Gasteiger partial charge in [0.25, 0.3) is 0 Å². The van der Waals surface area contributed by atoms with E-state index in [1.54, 1.807) is 0 Å². The van der Waals surface area contributed by atoms with Crippen LogP contribution in [0.15, 0.2) is 55.1 Å². The molecule has 0 N–H and O–H groups in total. The van der Waals surface area contributed by atoms with Crippen LogP contribution in [-0.4, -0.2) is 13.4 Å². The molecule has 1 aliphatic rings. The zero-order chi connectivity index (χ0) is 11.7. The van der Waals surface area contributed by atoms with Crippen molar-refractivity contribution in [3.05, 3.63) is 60.7 Å². The van der Waals surface area contributed by atoms with Crippen molar-refractivity contribution in [2.45, 2.75) is 5.60 Å². The van der Waals surface area contributed by atoms with Crippen LogP contribution in [0, 0.1) is 0 Å². The third kappa shape index (κ3) is 1.57. The SMILES string of the molecule is C=C[C@@]1(c2cccc3ccccc23)COCO1. The molecular formula is C15H14O2. The Balaban J connectivity index is 2.26. The summed E-state index contributed by atoms with van der Waals surface area (Å²) < 4.78 is 11.1. The van der Waals surface area contributed by atoms with Crippen molar-refractivity contribution in [2.75, 3.05) is 13.4 Å². The zero-order valence-electron chi connectivity index (χ0n) is 9.56. The summed E-state index contributed by atoms with van der Waals surface area (Å²) in [5.41, 5.74) is 0.629. The van der Waals surface area contributed by atoms with E-state index in [1.807, 2.05) is 24.3 Å². The molecule has 17 heavy (non-hydrogen) atoms. The molecule has 3 rings (SSSR count). The Morgan fingerprint density at radius 2 is 1.94 bits per heavy atom. The summed E-state index contributed by atoms with van der Waals surface area (Å²) in [4.78, 5) is 0. The van der Waals surface area contributed by atoms with Crippen LogP contribution < -0.4 is 0 Å². The second-order valence-corrected chi connectivity index (χ2v) is 4.23. The van der Waals surface area contributed by atoms with Crippen molar-refractivity contribution in [2.24, 2.45) is 0 Å². The predicted octanol–water partition coefficient (Wildman–Crippen LogP) is 3.23. The van der Waals surface area contributed by atoms with Crippen LogP contribution in [0.3, 0.4) is 0 Å². The summed E-state index contributed by atoms with van der Waals surface area (Å²) in [7, 11) is 0. The highest BCUT2D eigenvalue weighted by molar-refractivity contribution is 5.86. The first-order valence-electron chi connectivity index (χ1n) is 5.69. The molecule has 1 heterocycles. The lowest BCUT2D eigenvalue weighted by atomic mass is 9.90. The van der Waals surface area contributed by atoms with E-state index in [9.17, 15) is 0 Å². The van der Waals surface area contributed by atoms with E-state index in [-0.39, 0.29) is 0 Å². The van der Waals surface area contributed by atoms with E-state index in [1.165, 1.54) is 10.8 Å². The van der Waals surface area contributed by atoms with Gasteiger partial charge in [0.15, 0.2) is 0 Å². The molecule has 0 spiro atoms. The van der Waals surface area contributed by atoms with Crippen molar-refractivity contribution < 1.29 is 9.47 Å². The first kappa shape index (κ1) is 10.5. The van der Waals surface area contributed by atoms with Gasteiger partial charge in [0.2, 0.25) is 0 Å². The average molecular weight is 226 g/mol. The molecule has 2 nitrogen and oxygen atoms in total. The summed E-state index contributed by atoms with van der Waals surface area (Å²) >= 11 is 0. The number of ether oxygens (including phenoxy) is 2. The van der Waals surface area contributed by atoms with Gasteiger partial charge >= 0.3 is 0 Å². The molecule has 2 heteroatoms. The van der Waals surface area contributed by atoms with Crippen molar-refractivity contribution in [1.82, 2.24) is 0 Å². The third-order valence-electron chi connectivity index (χ3n) is 3.29. The van der Waals surface area contributed by atoms with Gasteiger partial charge in [-0.3, -0.25) is 0 Å². The van der Waals surface area contributed by atoms with E-state index in [4.69, 9.17) is 9.47 Å². The van der Waals surface area contributed by atoms with Gasteiger partial charge in [-0.05, 0) is 16.3 Å². The predicted molar refractivity (Wildman–Crippen MR) is 67.7 cm³/mol. The molecule has 0 bridgehead atoms. The third-order valence-corrected chi connectivity index (χ3v) is 3.29. The van der Waals surface area contributed by atoms with Gasteiger partial charge < -0.3 is 9.47 Å². The highest BCUT2D eigenvalue weighted by Crippen LogP contribution is 2.36. The van der Waals surface area contributed by atoms with Crippen molar-refractivity contribution in [1.29, 1.82) is 0 Å². The van der Waals surface area contributed by atoms with Gasteiger partial charge in [0.1, 0.15) is 12.4 Å². The molecule has 0 aromatic heterocycles. The van der Waals surface area contributed by atoms with Crippen LogP contribution in [0.4, 0.5) is 0 Å². The van der Waals surface area contributed by atoms with Gasteiger partial charge in [-0.25, -0.2) is 0 Å². The largest absolute Gasteiger partial charge is 0.352 e. The highest BCUT2D eigenvalue weighted by atomic mass is 16.7. The second kappa shape index (κ2) is 3.99. The van der Waals surface area contributed by atoms with E-state index in [0.29, 0.717) is 13.4 Å². The maximum Gasteiger partial charge on any atom is 0.148 e. The van der Waals surface area contributed by atoms with E-state index in [2.05, 4.69) is 30.8 Å². The standard InChI is InChI=1S/C15H14O2/c1-2-15(10-16-11-17-15)14-9-5-7-12-6-3-4-8-13(12)14/h2-9H,1,10-11H2/t15-/m0/s1. The lowest BCUT2D eigenvalue weighted by molar-refractivity contribution is 0.0161. The lowest BCUT2D eigenvalue weighted by Crippen LogP contribution is -2.25. The van der Waals surface area contributed by atoms with Crippen molar-refractivity contribution in [3.63, 3.8) is 0 Å². The van der Waals surface area contributed by atoms with Gasteiger partial charge in [0, 0.05) is 0 Å². The average Bonchev–Trinajstić information content (AvgIpc) is 2.88. The molecule has 2 aromatic rings. The van der Waals surface area contributed by atoms with Gasteiger partial charge in [-0.2, -0.15) is 0 Å². The normalized spacial score (nSPS) is 24.0. The van der Waals surface area contributed by atoms with Crippen LogP contribution >= 0.6 is 0 Å². The minimum Gasteiger partial charge on any atom is -0.352 e. The summed E-state index contributed by atoms with van der Waals surface area (Å²) in [5, 5.41) is 2.40. The second-order valence-electron chi connectivity index (χ2n) is 4.23. The zero-order valence-corrected chi connectivity index (χ0v) is 9.56. The molecule has 1 saturated heterocycles. The molecule has 1 fully saturated rings. The molecule has 0 aliphatic carbocycles. The smallest absolute Gasteiger partial charge is 0.148 e. The highest BCUT2D eigenvalue weighted by Gasteiger charge is 2.36. The van der Waals surface area contributed by atoms with E-state index < -0.39 is 5.60 Å². The number of hydrogen-bond acceptors (Lipinski definition) is 2. The minimum absolute atomic E-state index is 0.329. The Bertz CT molecular complexity index is 548. The summed E-state index contributed by atoms with van der Waals surface area (Å²) in [6.07, 6.45) is 1.84. The van der Waals surface area contributed by atoms with Crippen LogP contribution in [0.25, 0.3) is 10.8 Å². The Hall–Kier alpha value is -1.64. The molecular weight excluding hydrogens is 212 g/mol. The van der Waals surface area contributed by atoms with Gasteiger partial charge in [0.05, 0.1) is 6.61 Å².